The van der Waals surface area contributed by atoms with Gasteiger partial charge in [0.2, 0.25) is 0 Å². The molecular formula is C7H11N3. The number of rotatable bonds is 2. The molecular weight excluding hydrogens is 126 g/mol. The maximum atomic E-state index is 7.91. The minimum Gasteiger partial charge on any atom is -0.319 e. The van der Waals surface area contributed by atoms with Crippen molar-refractivity contribution in [3.63, 3.8) is 0 Å². The zero-order valence-corrected chi connectivity index (χ0v) is 6.09. The summed E-state index contributed by atoms with van der Waals surface area (Å²) in [5.74, 6) is 0. The Hall–Kier alpha value is -1.32. The van der Waals surface area contributed by atoms with Gasteiger partial charge >= 0.3 is 0 Å². The number of nitrogens with zero attached hydrogens (tertiary/aromatic N) is 2. The minimum absolute atomic E-state index is 0.608. The molecule has 1 N–H and O–H groups in total. The summed E-state index contributed by atoms with van der Waals surface area (Å²) in [5, 5.41) is 18.3. The van der Waals surface area contributed by atoms with E-state index in [9.17, 15) is 0 Å². The fourth-order valence-corrected chi connectivity index (χ4v) is 0.181. The van der Waals surface area contributed by atoms with Gasteiger partial charge in [0.25, 0.3) is 0 Å². The quantitative estimate of drug-likeness (QED) is 0.452. The highest BCUT2D eigenvalue weighted by atomic mass is 14.8. The van der Waals surface area contributed by atoms with Gasteiger partial charge in [-0.15, -0.1) is 0 Å². The standard InChI is InChI=1S/C4H8N2.C3H3N/c1-6-4-2-3-5;1-2-3-4/h6H,2,4H2,1H3;2H,1H2. The van der Waals surface area contributed by atoms with Crippen molar-refractivity contribution in [2.24, 2.45) is 0 Å². The highest BCUT2D eigenvalue weighted by molar-refractivity contribution is 4.93. The average Bonchev–Trinajstić information content (AvgIpc) is 2.01. The lowest BCUT2D eigenvalue weighted by atomic mass is 10.5. The summed E-state index contributed by atoms with van der Waals surface area (Å²) in [6.45, 7) is 3.92. The average molecular weight is 137 g/mol. The Bertz CT molecular complexity index is 138. The summed E-state index contributed by atoms with van der Waals surface area (Å²) in [5.41, 5.74) is 0. The molecule has 0 aromatic carbocycles. The van der Waals surface area contributed by atoms with Crippen LogP contribution >= 0.6 is 0 Å². The smallest absolute Gasteiger partial charge is 0.0905 e. The van der Waals surface area contributed by atoms with E-state index in [1.165, 1.54) is 6.08 Å². The van der Waals surface area contributed by atoms with Crippen LogP contribution in [0.1, 0.15) is 6.42 Å². The molecule has 0 aliphatic carbocycles. The summed E-state index contributed by atoms with van der Waals surface area (Å²) in [6.07, 6.45) is 1.79. The van der Waals surface area contributed by atoms with Crippen LogP contribution in [0.3, 0.4) is 0 Å². The molecule has 0 atom stereocenters. The lowest BCUT2D eigenvalue weighted by Gasteiger charge is -1.82. The molecule has 0 fully saturated rings. The van der Waals surface area contributed by atoms with Crippen molar-refractivity contribution >= 4 is 0 Å². The van der Waals surface area contributed by atoms with Gasteiger partial charge in [-0.1, -0.05) is 6.58 Å². The van der Waals surface area contributed by atoms with Gasteiger partial charge in [0.05, 0.1) is 12.1 Å². The number of nitrogens with one attached hydrogen (secondary N) is 1. The third-order valence-corrected chi connectivity index (χ3v) is 0.578. The third-order valence-electron chi connectivity index (χ3n) is 0.578. The highest BCUT2D eigenvalue weighted by Gasteiger charge is 1.71. The second-order valence-electron chi connectivity index (χ2n) is 1.34. The van der Waals surface area contributed by atoms with Crippen LogP contribution in [0, 0.1) is 22.7 Å². The first-order chi connectivity index (χ1) is 4.83. The van der Waals surface area contributed by atoms with Crippen molar-refractivity contribution in [3.05, 3.63) is 12.7 Å². The fourth-order valence-electron chi connectivity index (χ4n) is 0.181. The van der Waals surface area contributed by atoms with Gasteiger partial charge in [-0.3, -0.25) is 0 Å². The van der Waals surface area contributed by atoms with Crippen LogP contribution in [-0.4, -0.2) is 13.6 Å². The van der Waals surface area contributed by atoms with Crippen LogP contribution in [0.2, 0.25) is 0 Å². The van der Waals surface area contributed by atoms with Crippen molar-refractivity contribution in [1.82, 2.24) is 5.32 Å². The number of nitriles is 2. The Morgan fingerprint density at radius 1 is 1.60 bits per heavy atom. The van der Waals surface area contributed by atoms with E-state index in [0.717, 1.165) is 6.54 Å². The van der Waals surface area contributed by atoms with Crippen LogP contribution in [0.25, 0.3) is 0 Å². The van der Waals surface area contributed by atoms with Crippen LogP contribution < -0.4 is 5.32 Å². The molecule has 0 aliphatic heterocycles. The Labute approximate surface area is 61.6 Å². The predicted octanol–water partition coefficient (Wildman–Crippen LogP) is 0.815. The number of hydrogen-bond donors (Lipinski definition) is 1. The number of allylic oxidation sites excluding steroid dienone is 1. The van der Waals surface area contributed by atoms with Crippen molar-refractivity contribution < 1.29 is 0 Å². The van der Waals surface area contributed by atoms with Crippen LogP contribution in [-0.2, 0) is 0 Å². The molecule has 0 rings (SSSR count). The van der Waals surface area contributed by atoms with E-state index in [-0.39, 0.29) is 0 Å². The molecule has 0 aliphatic rings. The van der Waals surface area contributed by atoms with E-state index in [1.54, 1.807) is 6.07 Å². The molecule has 3 heteroatoms. The Kier molecular flexibility index (Phi) is 18.0. The molecule has 0 unspecified atom stereocenters. The van der Waals surface area contributed by atoms with Gasteiger partial charge in [-0.05, 0) is 7.05 Å². The summed E-state index contributed by atoms with van der Waals surface area (Å²) < 4.78 is 0. The number of hydrogen-bond acceptors (Lipinski definition) is 3. The topological polar surface area (TPSA) is 59.6 Å². The Balaban J connectivity index is 0. The molecule has 0 heterocycles. The highest BCUT2D eigenvalue weighted by Crippen LogP contribution is 1.63. The lowest BCUT2D eigenvalue weighted by molar-refractivity contribution is 0.813. The first kappa shape index (κ1) is 11.5. The van der Waals surface area contributed by atoms with E-state index in [2.05, 4.69) is 11.9 Å². The molecule has 0 spiro atoms. The predicted molar refractivity (Wildman–Crippen MR) is 40.0 cm³/mol. The largest absolute Gasteiger partial charge is 0.319 e. The molecule has 3 nitrogen and oxygen atoms in total. The molecule has 0 aromatic rings. The van der Waals surface area contributed by atoms with E-state index in [4.69, 9.17) is 10.5 Å². The van der Waals surface area contributed by atoms with Gasteiger partial charge in [0, 0.05) is 19.0 Å². The minimum atomic E-state index is 0.608. The van der Waals surface area contributed by atoms with E-state index in [1.807, 2.05) is 13.1 Å². The molecule has 0 amide bonds. The van der Waals surface area contributed by atoms with Gasteiger partial charge in [-0.25, -0.2) is 0 Å². The first-order valence-corrected chi connectivity index (χ1v) is 2.85. The van der Waals surface area contributed by atoms with Gasteiger partial charge in [0.1, 0.15) is 0 Å². The lowest BCUT2D eigenvalue weighted by Crippen LogP contribution is -2.05. The monoisotopic (exact) mass is 137 g/mol. The van der Waals surface area contributed by atoms with Crippen LogP contribution in [0.4, 0.5) is 0 Å². The molecule has 0 saturated heterocycles. The molecule has 0 aromatic heterocycles. The van der Waals surface area contributed by atoms with Crippen molar-refractivity contribution in [2.75, 3.05) is 13.6 Å². The van der Waals surface area contributed by atoms with Gasteiger partial charge in [-0.2, -0.15) is 10.5 Å². The molecule has 54 valence electrons. The summed E-state index contributed by atoms with van der Waals surface area (Å²) >= 11 is 0. The SMILES string of the molecule is C=CC#N.CNCCC#N. The summed E-state index contributed by atoms with van der Waals surface area (Å²) in [4.78, 5) is 0. The van der Waals surface area contributed by atoms with E-state index in [0.29, 0.717) is 6.42 Å². The second-order valence-corrected chi connectivity index (χ2v) is 1.34. The zero-order chi connectivity index (χ0) is 8.24. The zero-order valence-electron chi connectivity index (χ0n) is 6.09. The van der Waals surface area contributed by atoms with Crippen LogP contribution in [0.15, 0.2) is 12.7 Å². The summed E-state index contributed by atoms with van der Waals surface area (Å²) in [7, 11) is 1.83. The van der Waals surface area contributed by atoms with Crippen molar-refractivity contribution in [3.8, 4) is 12.1 Å². The van der Waals surface area contributed by atoms with Gasteiger partial charge in [0.15, 0.2) is 0 Å². The maximum absolute atomic E-state index is 7.91. The maximum Gasteiger partial charge on any atom is 0.0905 e. The van der Waals surface area contributed by atoms with Crippen molar-refractivity contribution in [1.29, 1.82) is 10.5 Å². The molecule has 0 radical (unpaired) electrons. The van der Waals surface area contributed by atoms with Crippen LogP contribution in [0.5, 0.6) is 0 Å². The Morgan fingerprint density at radius 2 is 2.10 bits per heavy atom. The third kappa shape index (κ3) is 30.0. The molecule has 10 heavy (non-hydrogen) atoms. The normalized spacial score (nSPS) is 5.90. The van der Waals surface area contributed by atoms with Gasteiger partial charge < -0.3 is 5.32 Å². The summed E-state index contributed by atoms with van der Waals surface area (Å²) in [6, 6.07) is 3.70. The first-order valence-electron chi connectivity index (χ1n) is 2.85. The van der Waals surface area contributed by atoms with Crippen molar-refractivity contribution in [2.45, 2.75) is 6.42 Å². The fraction of sp³-hybridized carbons (Fsp3) is 0.429. The molecule has 0 bridgehead atoms. The Morgan fingerprint density at radius 3 is 2.20 bits per heavy atom. The van der Waals surface area contributed by atoms with E-state index >= 15 is 0 Å². The van der Waals surface area contributed by atoms with E-state index < -0.39 is 0 Å². The second kappa shape index (κ2) is 15.6. The molecule has 0 saturated carbocycles.